The Hall–Kier alpha value is -8.17. The minimum Gasteiger partial charge on any atom is -0.255 e. The number of nitrogens with zero attached hydrogens (tertiary/aromatic N) is 9. The summed E-state index contributed by atoms with van der Waals surface area (Å²) in [7, 11) is 0. The summed E-state index contributed by atoms with van der Waals surface area (Å²) < 4.78 is 0. The normalized spacial score (nSPS) is 16.2. The maximum absolute atomic E-state index is 5.11. The molecule has 0 radical (unpaired) electrons. The Morgan fingerprint density at radius 3 is 1.02 bits per heavy atom. The summed E-state index contributed by atoms with van der Waals surface area (Å²) in [4.78, 5) is 42.0. The van der Waals surface area contributed by atoms with E-state index in [0.717, 1.165) is 85.3 Å². The zero-order chi connectivity index (χ0) is 41.7. The average Bonchev–Trinajstić information content (AvgIpc) is 4.11. The number of aromatic nitrogens is 9. The first-order valence-corrected chi connectivity index (χ1v) is 20.6. The van der Waals surface area contributed by atoms with Gasteiger partial charge in [0.25, 0.3) is 0 Å². The van der Waals surface area contributed by atoms with Crippen LogP contribution in [0.4, 0.5) is 0 Å². The fourth-order valence-corrected chi connectivity index (χ4v) is 8.00. The molecular formula is C53H39N9. The van der Waals surface area contributed by atoms with E-state index in [0.29, 0.717) is 17.8 Å². The van der Waals surface area contributed by atoms with Crippen molar-refractivity contribution in [2.24, 2.45) is 11.8 Å². The third-order valence-corrected chi connectivity index (χ3v) is 11.0. The Morgan fingerprint density at radius 2 is 0.629 bits per heavy atom. The van der Waals surface area contributed by atoms with Crippen molar-refractivity contribution in [3.63, 3.8) is 0 Å². The van der Waals surface area contributed by atoms with Crippen molar-refractivity contribution in [2.75, 3.05) is 0 Å². The van der Waals surface area contributed by atoms with Crippen molar-refractivity contribution in [3.05, 3.63) is 218 Å². The van der Waals surface area contributed by atoms with Gasteiger partial charge in [0.1, 0.15) is 0 Å². The first kappa shape index (κ1) is 38.1. The van der Waals surface area contributed by atoms with Crippen LogP contribution < -0.4 is 0 Å². The molecule has 0 spiro atoms. The highest BCUT2D eigenvalue weighted by atomic mass is 14.8. The Bertz CT molecular complexity index is 2990. The van der Waals surface area contributed by atoms with E-state index in [1.165, 1.54) is 5.57 Å². The highest BCUT2D eigenvalue weighted by molar-refractivity contribution is 5.77. The molecule has 0 N–H and O–H groups in total. The maximum Gasteiger partial charge on any atom is 0.0894 e. The number of allylic oxidation sites excluding steroid dienone is 4. The molecule has 9 nitrogen and oxygen atoms in total. The molecule has 9 heteroatoms. The molecule has 3 atom stereocenters. The Kier molecular flexibility index (Phi) is 10.6. The average molecular weight is 802 g/mol. The summed E-state index contributed by atoms with van der Waals surface area (Å²) >= 11 is 0. The molecule has 1 saturated carbocycles. The molecule has 2 aliphatic rings. The standard InChI is InChI=1S/C38H28N6.C15H11N3/c1-24-22-25(27-12-6-15-32(41-27)33-16-7-13-30(42-33)28-10-2-4-20-39-28)23-26-37(24)38(26)36-19-9-18-35(44-36)34-17-8-14-31(43-34)29-11-3-5-21-40-29;1-3-10-16-12(6-1)14-8-5-9-15(18-14)13-7-2-4-11-17-13/h2-23,26,37-38H,1H3;1-11H. The lowest BCUT2D eigenvalue weighted by molar-refractivity contribution is 0.896. The van der Waals surface area contributed by atoms with Gasteiger partial charge in [-0.2, -0.15) is 0 Å². The Labute approximate surface area is 359 Å². The van der Waals surface area contributed by atoms with Crippen molar-refractivity contribution in [1.29, 1.82) is 0 Å². The fraction of sp³-hybridized carbons (Fsp3) is 0.0755. The van der Waals surface area contributed by atoms with Crippen LogP contribution in [0, 0.1) is 11.8 Å². The van der Waals surface area contributed by atoms with E-state index in [-0.39, 0.29) is 0 Å². The van der Waals surface area contributed by atoms with Crippen LogP contribution in [-0.2, 0) is 0 Å². The molecule has 0 saturated heterocycles. The van der Waals surface area contributed by atoms with Gasteiger partial charge in [0.2, 0.25) is 0 Å². The second kappa shape index (κ2) is 17.2. The van der Waals surface area contributed by atoms with E-state index in [9.17, 15) is 0 Å². The van der Waals surface area contributed by atoms with Gasteiger partial charge in [-0.3, -0.25) is 24.9 Å². The zero-order valence-electron chi connectivity index (χ0n) is 33.8. The van der Waals surface area contributed by atoms with Gasteiger partial charge in [-0.1, -0.05) is 72.3 Å². The summed E-state index contributed by atoms with van der Waals surface area (Å²) in [6.07, 6.45) is 11.8. The fourth-order valence-electron chi connectivity index (χ4n) is 8.00. The zero-order valence-corrected chi connectivity index (χ0v) is 33.8. The largest absolute Gasteiger partial charge is 0.255 e. The molecule has 9 heterocycles. The second-order valence-corrected chi connectivity index (χ2v) is 15.1. The van der Waals surface area contributed by atoms with E-state index >= 15 is 0 Å². The van der Waals surface area contributed by atoms with Crippen LogP contribution in [0.5, 0.6) is 0 Å². The first-order chi connectivity index (χ1) is 30.6. The number of hydrogen-bond donors (Lipinski definition) is 0. The van der Waals surface area contributed by atoms with Crippen molar-refractivity contribution in [2.45, 2.75) is 12.8 Å². The lowest BCUT2D eigenvalue weighted by Crippen LogP contribution is -1.97. The molecule has 3 unspecified atom stereocenters. The van der Waals surface area contributed by atoms with E-state index in [2.05, 4.69) is 68.3 Å². The lowest BCUT2D eigenvalue weighted by Gasteiger charge is -2.11. The second-order valence-electron chi connectivity index (χ2n) is 15.1. The quantitative estimate of drug-likeness (QED) is 0.148. The summed E-state index contributed by atoms with van der Waals surface area (Å²) in [6, 6.07) is 53.7. The smallest absolute Gasteiger partial charge is 0.0894 e. The molecule has 0 aromatic carbocycles. The monoisotopic (exact) mass is 801 g/mol. The van der Waals surface area contributed by atoms with Gasteiger partial charge in [0, 0.05) is 36.4 Å². The molecule has 0 bridgehead atoms. The molecule has 9 aromatic rings. The summed E-state index contributed by atoms with van der Waals surface area (Å²) in [5.74, 6) is 1.18. The predicted octanol–water partition coefficient (Wildman–Crippen LogP) is 11.3. The minimum atomic E-state index is 0.336. The highest BCUT2D eigenvalue weighted by Crippen LogP contribution is 2.61. The van der Waals surface area contributed by atoms with Crippen LogP contribution >= 0.6 is 0 Å². The van der Waals surface area contributed by atoms with Gasteiger partial charge in [-0.05, 0) is 134 Å². The number of fused-ring (bicyclic) bond motifs is 1. The minimum absolute atomic E-state index is 0.336. The molecule has 9 aromatic heterocycles. The van der Waals surface area contributed by atoms with Gasteiger partial charge < -0.3 is 0 Å². The van der Waals surface area contributed by atoms with Gasteiger partial charge in [0.15, 0.2) is 0 Å². The van der Waals surface area contributed by atoms with Crippen molar-refractivity contribution in [1.82, 2.24) is 44.9 Å². The first-order valence-electron chi connectivity index (χ1n) is 20.6. The molecule has 2 aliphatic carbocycles. The van der Waals surface area contributed by atoms with Gasteiger partial charge in [0.05, 0.1) is 74.0 Å². The van der Waals surface area contributed by atoms with Crippen molar-refractivity contribution < 1.29 is 0 Å². The van der Waals surface area contributed by atoms with Crippen LogP contribution in [-0.4, -0.2) is 44.9 Å². The number of hydrogen-bond acceptors (Lipinski definition) is 9. The van der Waals surface area contributed by atoms with Gasteiger partial charge >= 0.3 is 0 Å². The molecule has 1 fully saturated rings. The van der Waals surface area contributed by atoms with Crippen LogP contribution in [0.3, 0.4) is 0 Å². The van der Waals surface area contributed by atoms with Crippen LogP contribution in [0.1, 0.15) is 24.2 Å². The summed E-state index contributed by atoms with van der Waals surface area (Å²) in [5, 5.41) is 0. The van der Waals surface area contributed by atoms with Crippen molar-refractivity contribution >= 4 is 5.57 Å². The number of pyridine rings is 9. The maximum atomic E-state index is 5.11. The van der Waals surface area contributed by atoms with E-state index in [4.69, 9.17) is 19.9 Å². The van der Waals surface area contributed by atoms with E-state index in [1.807, 2.05) is 140 Å². The third-order valence-electron chi connectivity index (χ3n) is 11.0. The summed E-state index contributed by atoms with van der Waals surface area (Å²) in [5.41, 5.74) is 14.8. The van der Waals surface area contributed by atoms with Crippen LogP contribution in [0.15, 0.2) is 206 Å². The van der Waals surface area contributed by atoms with E-state index in [1.54, 1.807) is 24.8 Å². The molecule has 62 heavy (non-hydrogen) atoms. The van der Waals surface area contributed by atoms with Crippen LogP contribution in [0.2, 0.25) is 0 Å². The molecule has 0 aliphatic heterocycles. The summed E-state index contributed by atoms with van der Waals surface area (Å²) in [6.45, 7) is 2.23. The molecular weight excluding hydrogens is 763 g/mol. The molecule has 0 amide bonds. The molecule has 296 valence electrons. The SMILES string of the molecule is CC1=CC(c2cccc(-c3cccc(-c4ccccn4)n3)n2)=CC2C1C2c1cccc(-c2cccc(-c3ccccn3)n2)n1.c1ccc(-c2cccc(-c3ccccn3)n2)nc1. The molecule has 11 rings (SSSR count). The predicted molar refractivity (Wildman–Crippen MR) is 244 cm³/mol. The lowest BCUT2D eigenvalue weighted by atomic mass is 9.98. The van der Waals surface area contributed by atoms with E-state index < -0.39 is 0 Å². The van der Waals surface area contributed by atoms with Crippen molar-refractivity contribution in [3.8, 4) is 68.3 Å². The Morgan fingerprint density at radius 1 is 0.306 bits per heavy atom. The van der Waals surface area contributed by atoms with Gasteiger partial charge in [-0.15, -0.1) is 0 Å². The Balaban J connectivity index is 0.000000212. The number of rotatable bonds is 8. The topological polar surface area (TPSA) is 116 Å². The third kappa shape index (κ3) is 8.20. The highest BCUT2D eigenvalue weighted by Gasteiger charge is 2.52. The van der Waals surface area contributed by atoms with Gasteiger partial charge in [-0.25, -0.2) is 19.9 Å². The van der Waals surface area contributed by atoms with Crippen LogP contribution in [0.25, 0.3) is 73.9 Å².